The fourth-order valence-electron chi connectivity index (χ4n) is 2.10. The van der Waals surface area contributed by atoms with Crippen molar-refractivity contribution < 1.29 is 13.2 Å². The number of halogens is 3. The largest absolute Gasteiger partial charge is 0.369 e. The second-order valence-electron chi connectivity index (χ2n) is 4.42. The number of imidazole rings is 1. The van der Waals surface area contributed by atoms with Gasteiger partial charge in [-0.1, -0.05) is 6.07 Å². The predicted molar refractivity (Wildman–Crippen MR) is 69.6 cm³/mol. The second-order valence-corrected chi connectivity index (χ2v) is 4.42. The zero-order chi connectivity index (χ0) is 14.3. The van der Waals surface area contributed by atoms with Gasteiger partial charge in [0.2, 0.25) is 5.95 Å². The first-order valence-corrected chi connectivity index (χ1v) is 5.90. The maximum Gasteiger partial charge on any atom is 0.201 e. The number of anilines is 1. The van der Waals surface area contributed by atoms with Crippen LogP contribution in [0.1, 0.15) is 5.56 Å². The van der Waals surface area contributed by atoms with E-state index >= 15 is 0 Å². The van der Waals surface area contributed by atoms with Gasteiger partial charge in [0.25, 0.3) is 0 Å². The van der Waals surface area contributed by atoms with Crippen molar-refractivity contribution in [1.82, 2.24) is 9.55 Å². The van der Waals surface area contributed by atoms with Crippen LogP contribution in [-0.4, -0.2) is 9.55 Å². The molecule has 0 aliphatic carbocycles. The third kappa shape index (κ3) is 2.09. The van der Waals surface area contributed by atoms with Gasteiger partial charge in [0, 0.05) is 11.6 Å². The molecule has 0 saturated heterocycles. The van der Waals surface area contributed by atoms with Crippen LogP contribution in [0.5, 0.6) is 0 Å². The molecule has 102 valence electrons. The number of rotatable bonds is 2. The molecule has 0 aliphatic heterocycles. The smallest absolute Gasteiger partial charge is 0.201 e. The molecule has 0 aliphatic rings. The maximum atomic E-state index is 13.7. The summed E-state index contributed by atoms with van der Waals surface area (Å²) in [4.78, 5) is 4.08. The van der Waals surface area contributed by atoms with Crippen LogP contribution in [-0.2, 0) is 6.54 Å². The van der Waals surface area contributed by atoms with E-state index in [1.807, 2.05) is 0 Å². The maximum absolute atomic E-state index is 13.7. The van der Waals surface area contributed by atoms with Gasteiger partial charge in [-0.2, -0.15) is 0 Å². The Morgan fingerprint density at radius 1 is 1.00 bits per heavy atom. The number of benzene rings is 2. The molecule has 3 nitrogen and oxygen atoms in total. The molecule has 2 aromatic carbocycles. The van der Waals surface area contributed by atoms with Crippen molar-refractivity contribution in [2.75, 3.05) is 5.73 Å². The Hall–Kier alpha value is -2.50. The average Bonchev–Trinajstić information content (AvgIpc) is 2.69. The number of fused-ring (bicyclic) bond motifs is 1. The fraction of sp³-hybridized carbons (Fsp3) is 0.0714. The van der Waals surface area contributed by atoms with Crippen LogP contribution < -0.4 is 5.73 Å². The lowest BCUT2D eigenvalue weighted by Gasteiger charge is -2.08. The predicted octanol–water partition coefficient (Wildman–Crippen LogP) is 3.08. The molecular weight excluding hydrogens is 267 g/mol. The van der Waals surface area contributed by atoms with E-state index in [2.05, 4.69) is 4.98 Å². The molecule has 1 heterocycles. The number of nitrogens with zero attached hydrogens (tertiary/aromatic N) is 2. The molecule has 6 heteroatoms. The van der Waals surface area contributed by atoms with Gasteiger partial charge >= 0.3 is 0 Å². The van der Waals surface area contributed by atoms with Gasteiger partial charge in [-0.25, -0.2) is 18.2 Å². The highest BCUT2D eigenvalue weighted by Crippen LogP contribution is 2.21. The summed E-state index contributed by atoms with van der Waals surface area (Å²) in [6.45, 7) is 0.0535. The van der Waals surface area contributed by atoms with E-state index in [0.717, 1.165) is 12.1 Å². The molecule has 0 saturated carbocycles. The summed E-state index contributed by atoms with van der Waals surface area (Å²) in [5.41, 5.74) is 7.00. The minimum atomic E-state index is -0.678. The zero-order valence-corrected chi connectivity index (χ0v) is 10.3. The van der Waals surface area contributed by atoms with Crippen molar-refractivity contribution in [3.8, 4) is 0 Å². The van der Waals surface area contributed by atoms with E-state index in [9.17, 15) is 13.2 Å². The van der Waals surface area contributed by atoms with Crippen molar-refractivity contribution in [2.45, 2.75) is 6.54 Å². The molecule has 0 fully saturated rings. The van der Waals surface area contributed by atoms with Crippen LogP contribution in [0.15, 0.2) is 36.4 Å². The molecule has 0 amide bonds. The molecular formula is C14H10F3N3. The van der Waals surface area contributed by atoms with E-state index in [0.29, 0.717) is 11.0 Å². The summed E-state index contributed by atoms with van der Waals surface area (Å²) < 4.78 is 41.3. The van der Waals surface area contributed by atoms with Gasteiger partial charge in [-0.15, -0.1) is 0 Å². The van der Waals surface area contributed by atoms with Crippen LogP contribution in [0.4, 0.5) is 19.1 Å². The third-order valence-electron chi connectivity index (χ3n) is 3.08. The monoisotopic (exact) mass is 277 g/mol. The van der Waals surface area contributed by atoms with Crippen molar-refractivity contribution in [3.63, 3.8) is 0 Å². The number of aromatic nitrogens is 2. The molecule has 2 N–H and O–H groups in total. The Morgan fingerprint density at radius 2 is 1.70 bits per heavy atom. The van der Waals surface area contributed by atoms with Crippen LogP contribution >= 0.6 is 0 Å². The van der Waals surface area contributed by atoms with Crippen LogP contribution in [0, 0.1) is 17.5 Å². The highest BCUT2D eigenvalue weighted by atomic mass is 19.1. The number of nitrogen functional groups attached to an aromatic ring is 1. The lowest BCUT2D eigenvalue weighted by Crippen LogP contribution is -2.06. The standard InChI is InChI=1S/C14H10F3N3/c15-9-2-1-8(11(17)5-9)7-20-13-6-10(16)3-4-12(13)19-14(20)18/h1-6H,7H2,(H2,18,19). The normalized spacial score (nSPS) is 11.2. The molecule has 1 aromatic heterocycles. The van der Waals surface area contributed by atoms with Gasteiger partial charge in [0.15, 0.2) is 0 Å². The van der Waals surface area contributed by atoms with Gasteiger partial charge in [0.05, 0.1) is 17.6 Å². The first kappa shape index (κ1) is 12.5. The van der Waals surface area contributed by atoms with Crippen LogP contribution in [0.25, 0.3) is 11.0 Å². The van der Waals surface area contributed by atoms with Gasteiger partial charge in [-0.3, -0.25) is 0 Å². The quantitative estimate of drug-likeness (QED) is 0.782. The van der Waals surface area contributed by atoms with Gasteiger partial charge in [0.1, 0.15) is 17.5 Å². The Labute approximate surface area is 112 Å². The lowest BCUT2D eigenvalue weighted by atomic mass is 10.2. The molecule has 0 radical (unpaired) electrons. The zero-order valence-electron chi connectivity index (χ0n) is 10.3. The van der Waals surface area contributed by atoms with Gasteiger partial charge < -0.3 is 10.3 Å². The third-order valence-corrected chi connectivity index (χ3v) is 3.08. The summed E-state index contributed by atoms with van der Waals surface area (Å²) in [6.07, 6.45) is 0. The Morgan fingerprint density at radius 3 is 2.45 bits per heavy atom. The van der Waals surface area contributed by atoms with Crippen LogP contribution in [0.2, 0.25) is 0 Å². The number of hydrogen-bond acceptors (Lipinski definition) is 2. The van der Waals surface area contributed by atoms with E-state index in [-0.39, 0.29) is 18.1 Å². The fourth-order valence-corrected chi connectivity index (χ4v) is 2.10. The SMILES string of the molecule is Nc1nc2ccc(F)cc2n1Cc1ccc(F)cc1F. The van der Waals surface area contributed by atoms with E-state index < -0.39 is 17.5 Å². The summed E-state index contributed by atoms with van der Waals surface area (Å²) in [5.74, 6) is -1.61. The minimum absolute atomic E-state index is 0.0535. The Bertz CT molecular complexity index is 796. The average molecular weight is 277 g/mol. The van der Waals surface area contributed by atoms with Crippen molar-refractivity contribution in [2.24, 2.45) is 0 Å². The summed E-state index contributed by atoms with van der Waals surface area (Å²) >= 11 is 0. The highest BCUT2D eigenvalue weighted by Gasteiger charge is 2.12. The van der Waals surface area contributed by atoms with E-state index in [1.54, 1.807) is 0 Å². The summed E-state index contributed by atoms with van der Waals surface area (Å²) in [5, 5.41) is 0. The minimum Gasteiger partial charge on any atom is -0.369 e. The summed E-state index contributed by atoms with van der Waals surface area (Å²) in [6, 6.07) is 7.34. The van der Waals surface area contributed by atoms with Crippen molar-refractivity contribution in [3.05, 3.63) is 59.4 Å². The topological polar surface area (TPSA) is 43.8 Å². The van der Waals surface area contributed by atoms with E-state index in [4.69, 9.17) is 5.73 Å². The number of nitrogens with two attached hydrogens (primary N) is 1. The molecule has 3 rings (SSSR count). The van der Waals surface area contributed by atoms with Crippen LogP contribution in [0.3, 0.4) is 0 Å². The summed E-state index contributed by atoms with van der Waals surface area (Å²) in [7, 11) is 0. The molecule has 0 spiro atoms. The molecule has 3 aromatic rings. The van der Waals surface area contributed by atoms with Crippen molar-refractivity contribution >= 4 is 17.0 Å². The Balaban J connectivity index is 2.10. The first-order chi connectivity index (χ1) is 9.54. The van der Waals surface area contributed by atoms with Gasteiger partial charge in [-0.05, 0) is 24.3 Å². The van der Waals surface area contributed by atoms with E-state index in [1.165, 1.54) is 28.8 Å². The Kier molecular flexibility index (Phi) is 2.85. The first-order valence-electron chi connectivity index (χ1n) is 5.90. The molecule has 0 unspecified atom stereocenters. The highest BCUT2D eigenvalue weighted by molar-refractivity contribution is 5.78. The second kappa shape index (κ2) is 4.56. The molecule has 0 bridgehead atoms. The van der Waals surface area contributed by atoms with Crippen molar-refractivity contribution in [1.29, 1.82) is 0 Å². The lowest BCUT2D eigenvalue weighted by molar-refractivity contribution is 0.568. The molecule has 0 atom stereocenters. The number of hydrogen-bond donors (Lipinski definition) is 1. The molecule has 20 heavy (non-hydrogen) atoms.